The van der Waals surface area contributed by atoms with Crippen LogP contribution in [0.4, 0.5) is 17.6 Å². The third kappa shape index (κ3) is 8.01. The van der Waals surface area contributed by atoms with E-state index in [1.54, 1.807) is 6.07 Å². The number of carbonyl (C=O) groups is 1. The van der Waals surface area contributed by atoms with Gasteiger partial charge in [0.2, 0.25) is 0 Å². The first-order chi connectivity index (χ1) is 16.4. The number of alkyl halides is 3. The maximum absolute atomic E-state index is 14.3. The summed E-state index contributed by atoms with van der Waals surface area (Å²) in [5.41, 5.74) is 6.41. The molecule has 11 heteroatoms. The van der Waals surface area contributed by atoms with Crippen molar-refractivity contribution in [3.8, 4) is 5.75 Å². The molecule has 1 saturated heterocycles. The highest BCUT2D eigenvalue weighted by Gasteiger charge is 2.31. The van der Waals surface area contributed by atoms with E-state index >= 15 is 0 Å². The minimum Gasteiger partial charge on any atom is -0.773 e. The molecule has 0 radical (unpaired) electrons. The number of piperidine rings is 1. The molecule has 1 saturated carbocycles. The van der Waals surface area contributed by atoms with Crippen LogP contribution in [0.2, 0.25) is 0 Å². The largest absolute Gasteiger partial charge is 0.773 e. The molecule has 2 aliphatic rings. The topological polar surface area (TPSA) is 95.7 Å². The van der Waals surface area contributed by atoms with Gasteiger partial charge in [-0.1, -0.05) is 11.1 Å². The summed E-state index contributed by atoms with van der Waals surface area (Å²) in [7, 11) is 0. The fourth-order valence-corrected chi connectivity index (χ4v) is 4.07. The van der Waals surface area contributed by atoms with Crippen LogP contribution in [0.15, 0.2) is 36.4 Å². The van der Waals surface area contributed by atoms with Crippen LogP contribution in [0.25, 0.3) is 0 Å². The van der Waals surface area contributed by atoms with Crippen LogP contribution in [-0.2, 0) is 23.8 Å². The Morgan fingerprint density at radius 2 is 1.71 bits per heavy atom. The van der Waals surface area contributed by atoms with Crippen molar-refractivity contribution in [1.82, 2.24) is 4.90 Å². The van der Waals surface area contributed by atoms with Crippen LogP contribution in [0.3, 0.4) is 0 Å². The van der Waals surface area contributed by atoms with Gasteiger partial charge < -0.3 is 15.0 Å². The van der Waals surface area contributed by atoms with Crippen LogP contribution in [0.5, 0.6) is 5.75 Å². The van der Waals surface area contributed by atoms with E-state index in [9.17, 15) is 22.4 Å². The second-order valence-electron chi connectivity index (χ2n) is 8.69. The first-order valence-corrected chi connectivity index (χ1v) is 12.6. The molecule has 1 atom stereocenters. The fraction of sp³-hybridized carbons (Fsp3) is 0.458. The number of amides is 1. The van der Waals surface area contributed by atoms with Gasteiger partial charge in [0.25, 0.3) is 5.91 Å². The molecule has 1 aliphatic carbocycles. The standard InChI is InChI=1S/C23H24F4N2O2.CH4O2S/c24-21-11-15(19(14-1-2-14)12-20(21)22(28)30)13-29-9-7-18(8-10-29)31-17-5-3-16(4-6-17)23(25,26)27;1-4(2)3/h3-6,11-12,14,18H,1-2,7-10,13H2,(H2,28,30);1H3,(H,2,3)/p-1. The molecule has 0 spiro atoms. The van der Waals surface area contributed by atoms with Gasteiger partial charge in [0.1, 0.15) is 17.7 Å². The Morgan fingerprint density at radius 1 is 1.14 bits per heavy atom. The van der Waals surface area contributed by atoms with Crippen LogP contribution >= 0.6 is 0 Å². The van der Waals surface area contributed by atoms with Crippen molar-refractivity contribution in [2.75, 3.05) is 19.3 Å². The third-order valence-corrected chi connectivity index (χ3v) is 5.92. The second kappa shape index (κ2) is 11.5. The summed E-state index contributed by atoms with van der Waals surface area (Å²) >= 11 is -1.86. The van der Waals surface area contributed by atoms with E-state index in [1.165, 1.54) is 18.2 Å². The average Bonchev–Trinajstić information content (AvgIpc) is 3.60. The van der Waals surface area contributed by atoms with Crippen LogP contribution in [-0.4, -0.2) is 45.0 Å². The first-order valence-electron chi connectivity index (χ1n) is 11.1. The molecule has 2 aromatic carbocycles. The van der Waals surface area contributed by atoms with E-state index in [-0.39, 0.29) is 11.7 Å². The number of hydrogen-bond donors (Lipinski definition) is 1. The summed E-state index contributed by atoms with van der Waals surface area (Å²) in [6.07, 6.45) is 0.145. The number of primary amides is 1. The van der Waals surface area contributed by atoms with Gasteiger partial charge in [-0.05, 0) is 85.4 Å². The van der Waals surface area contributed by atoms with Gasteiger partial charge in [-0.3, -0.25) is 13.9 Å². The normalized spacial score (nSPS) is 17.9. The SMILES string of the molecule is CS(=O)[O-].NC(=O)c1cc(C2CC2)c(CN2CCC(Oc3ccc(C(F)(F)F)cc3)CC2)cc1F. The quantitative estimate of drug-likeness (QED) is 0.456. The summed E-state index contributed by atoms with van der Waals surface area (Å²) in [6.45, 7) is 2.04. The lowest BCUT2D eigenvalue weighted by Crippen LogP contribution is -2.38. The lowest BCUT2D eigenvalue weighted by Gasteiger charge is -2.32. The van der Waals surface area contributed by atoms with Crippen molar-refractivity contribution < 1.29 is 35.9 Å². The summed E-state index contributed by atoms with van der Waals surface area (Å²) in [6, 6.07) is 7.77. The number of hydrogen-bond acceptors (Lipinski definition) is 5. The predicted molar refractivity (Wildman–Crippen MR) is 122 cm³/mol. The molecule has 6 nitrogen and oxygen atoms in total. The van der Waals surface area contributed by atoms with Gasteiger partial charge in [0.15, 0.2) is 0 Å². The molecule has 0 bridgehead atoms. The van der Waals surface area contributed by atoms with Crippen molar-refractivity contribution in [1.29, 1.82) is 0 Å². The Balaban J connectivity index is 0.000000795. The molecule has 2 aromatic rings. The monoisotopic (exact) mass is 515 g/mol. The Morgan fingerprint density at radius 3 is 2.20 bits per heavy atom. The number of rotatable bonds is 6. The van der Waals surface area contributed by atoms with Gasteiger partial charge in [0.05, 0.1) is 11.1 Å². The van der Waals surface area contributed by atoms with Crippen molar-refractivity contribution in [2.45, 2.75) is 50.4 Å². The molecule has 0 aromatic heterocycles. The Bertz CT molecular complexity index is 1050. The molecular formula is C24H27F4N2O4S-. The zero-order valence-electron chi connectivity index (χ0n) is 19.1. The lowest BCUT2D eigenvalue weighted by atomic mass is 9.97. The number of likely N-dealkylation sites (tertiary alicyclic amines) is 1. The van der Waals surface area contributed by atoms with Crippen molar-refractivity contribution >= 4 is 17.0 Å². The highest BCUT2D eigenvalue weighted by atomic mass is 32.2. The van der Waals surface area contributed by atoms with Crippen LogP contribution in [0.1, 0.15) is 58.6 Å². The number of carbonyl (C=O) groups excluding carboxylic acids is 1. The second-order valence-corrected chi connectivity index (χ2v) is 9.49. The van der Waals surface area contributed by atoms with Gasteiger partial charge in [-0.25, -0.2) is 4.39 Å². The lowest BCUT2D eigenvalue weighted by molar-refractivity contribution is -0.137. The van der Waals surface area contributed by atoms with E-state index in [4.69, 9.17) is 19.2 Å². The summed E-state index contributed by atoms with van der Waals surface area (Å²) < 4.78 is 76.2. The smallest absolute Gasteiger partial charge is 0.416 e. The number of nitrogens with zero attached hydrogens (tertiary/aromatic N) is 1. The molecule has 1 aliphatic heterocycles. The minimum atomic E-state index is -4.36. The fourth-order valence-electron chi connectivity index (χ4n) is 4.07. The maximum Gasteiger partial charge on any atom is 0.416 e. The van der Waals surface area contributed by atoms with E-state index in [1.807, 2.05) is 0 Å². The third-order valence-electron chi connectivity index (χ3n) is 5.92. The Kier molecular flexibility index (Phi) is 8.89. The van der Waals surface area contributed by atoms with E-state index in [0.717, 1.165) is 68.3 Å². The number of nitrogens with two attached hydrogens (primary N) is 1. The van der Waals surface area contributed by atoms with Crippen LogP contribution < -0.4 is 10.5 Å². The maximum atomic E-state index is 14.3. The Hall–Kier alpha value is -2.50. The van der Waals surface area contributed by atoms with Gasteiger partial charge >= 0.3 is 6.18 Å². The molecule has 2 N–H and O–H groups in total. The van der Waals surface area contributed by atoms with Crippen molar-refractivity contribution in [2.24, 2.45) is 5.73 Å². The van der Waals surface area contributed by atoms with E-state index in [0.29, 0.717) is 18.2 Å². The van der Waals surface area contributed by atoms with E-state index in [2.05, 4.69) is 4.90 Å². The number of halogens is 4. The number of ether oxygens (including phenoxy) is 1. The molecule has 35 heavy (non-hydrogen) atoms. The summed E-state index contributed by atoms with van der Waals surface area (Å²) in [4.78, 5) is 13.7. The minimum absolute atomic E-state index is 0.0608. The summed E-state index contributed by atoms with van der Waals surface area (Å²) in [5, 5.41) is 0. The van der Waals surface area contributed by atoms with Gasteiger partial charge in [0, 0.05) is 19.6 Å². The molecule has 192 valence electrons. The highest BCUT2D eigenvalue weighted by molar-refractivity contribution is 7.78. The van der Waals surface area contributed by atoms with Crippen molar-refractivity contribution in [3.05, 3.63) is 64.5 Å². The van der Waals surface area contributed by atoms with Crippen molar-refractivity contribution in [3.63, 3.8) is 0 Å². The first kappa shape index (κ1) is 27.1. The number of benzene rings is 2. The van der Waals surface area contributed by atoms with Gasteiger partial charge in [-0.15, -0.1) is 0 Å². The van der Waals surface area contributed by atoms with E-state index < -0.39 is 34.5 Å². The molecule has 4 rings (SSSR count). The average molecular weight is 516 g/mol. The van der Waals surface area contributed by atoms with Gasteiger partial charge in [-0.2, -0.15) is 13.2 Å². The molecule has 1 amide bonds. The van der Waals surface area contributed by atoms with Crippen LogP contribution in [0, 0.1) is 5.82 Å². The molecule has 1 unspecified atom stereocenters. The molecular weight excluding hydrogens is 488 g/mol. The predicted octanol–water partition coefficient (Wildman–Crippen LogP) is 4.36. The highest BCUT2D eigenvalue weighted by Crippen LogP contribution is 2.43. The zero-order valence-corrected chi connectivity index (χ0v) is 20.0. The Labute approximate surface area is 203 Å². The molecule has 1 heterocycles. The zero-order chi connectivity index (χ0) is 25.8. The molecule has 2 fully saturated rings. The summed E-state index contributed by atoms with van der Waals surface area (Å²) in [5.74, 6) is -0.569.